The fourth-order valence-corrected chi connectivity index (χ4v) is 1.79. The van der Waals surface area contributed by atoms with Crippen LogP contribution >= 0.6 is 0 Å². The molecular formula is C12H12F3N5O. The van der Waals surface area contributed by atoms with Crippen LogP contribution in [0.1, 0.15) is 12.5 Å². The minimum Gasteiger partial charge on any atom is -0.351 e. The number of nitrogens with one attached hydrogen (secondary N) is 1. The highest BCUT2D eigenvalue weighted by Crippen LogP contribution is 2.31. The molecule has 1 aromatic carbocycles. The normalized spacial score (nSPS) is 15.3. The number of carbonyl (C=O) groups is 1. The highest BCUT2D eigenvalue weighted by atomic mass is 19.4. The van der Waals surface area contributed by atoms with Crippen LogP contribution in [0.3, 0.4) is 0 Å². The zero-order valence-electron chi connectivity index (χ0n) is 11.0. The molecule has 112 valence electrons. The Bertz CT molecular complexity index is 624. The molecule has 1 aliphatic rings. The van der Waals surface area contributed by atoms with Gasteiger partial charge in [0, 0.05) is 5.69 Å². The first-order chi connectivity index (χ1) is 9.77. The number of nitrogens with two attached hydrogens (primary N) is 1. The summed E-state index contributed by atoms with van der Waals surface area (Å²) in [6, 6.07) is 3.82. The average molecular weight is 299 g/mol. The number of hydrogen-bond donors (Lipinski definition) is 2. The smallest absolute Gasteiger partial charge is 0.351 e. The molecule has 0 spiro atoms. The third-order valence-electron chi connectivity index (χ3n) is 2.68. The Balaban J connectivity index is 2.37. The summed E-state index contributed by atoms with van der Waals surface area (Å²) in [4.78, 5) is 12.3. The van der Waals surface area contributed by atoms with Gasteiger partial charge in [0.15, 0.2) is 0 Å². The van der Waals surface area contributed by atoms with Crippen molar-refractivity contribution < 1.29 is 18.0 Å². The van der Waals surface area contributed by atoms with E-state index in [-0.39, 0.29) is 18.2 Å². The quantitative estimate of drug-likeness (QED) is 0.830. The van der Waals surface area contributed by atoms with Gasteiger partial charge in [0.25, 0.3) is 0 Å². The van der Waals surface area contributed by atoms with E-state index < -0.39 is 17.8 Å². The second-order valence-electron chi connectivity index (χ2n) is 4.38. The van der Waals surface area contributed by atoms with Gasteiger partial charge in [-0.25, -0.2) is 4.79 Å². The highest BCUT2D eigenvalue weighted by molar-refractivity contribution is 6.09. The number of alkyl halides is 3. The van der Waals surface area contributed by atoms with Crippen molar-refractivity contribution in [1.82, 2.24) is 5.32 Å². The van der Waals surface area contributed by atoms with Crippen LogP contribution in [0.5, 0.6) is 0 Å². The number of nitrogens with zero attached hydrogens (tertiary/aromatic N) is 3. The van der Waals surface area contributed by atoms with E-state index in [1.54, 1.807) is 6.92 Å². The van der Waals surface area contributed by atoms with Crippen molar-refractivity contribution in [3.8, 4) is 0 Å². The molecule has 21 heavy (non-hydrogen) atoms. The summed E-state index contributed by atoms with van der Waals surface area (Å²) < 4.78 is 38.3. The van der Waals surface area contributed by atoms with Crippen LogP contribution in [0, 0.1) is 0 Å². The maximum atomic E-state index is 12.8. The number of carbonyl (C=O) groups excluding carboxylic acids is 1. The number of anilines is 1. The van der Waals surface area contributed by atoms with Gasteiger partial charge in [-0.15, -0.1) is 5.10 Å². The lowest BCUT2D eigenvalue weighted by atomic mass is 10.1. The Hall–Kier alpha value is -2.58. The second kappa shape index (κ2) is 5.43. The number of benzene rings is 1. The molecule has 1 aliphatic heterocycles. The fourth-order valence-electron chi connectivity index (χ4n) is 1.79. The van der Waals surface area contributed by atoms with Gasteiger partial charge in [-0.3, -0.25) is 5.32 Å². The van der Waals surface area contributed by atoms with E-state index in [9.17, 15) is 18.0 Å². The summed E-state index contributed by atoms with van der Waals surface area (Å²) >= 11 is 0. The van der Waals surface area contributed by atoms with Crippen LogP contribution in [0.25, 0.3) is 0 Å². The molecule has 0 unspecified atom stereocenters. The van der Waals surface area contributed by atoms with Gasteiger partial charge in [0.05, 0.1) is 17.8 Å². The van der Waals surface area contributed by atoms with Gasteiger partial charge in [0.2, 0.25) is 5.96 Å². The van der Waals surface area contributed by atoms with Crippen LogP contribution in [-0.4, -0.2) is 24.2 Å². The van der Waals surface area contributed by atoms with E-state index in [0.29, 0.717) is 5.71 Å². The van der Waals surface area contributed by atoms with Gasteiger partial charge in [-0.2, -0.15) is 18.3 Å². The molecule has 0 aliphatic carbocycles. The van der Waals surface area contributed by atoms with E-state index >= 15 is 0 Å². The molecule has 6 nitrogen and oxygen atoms in total. The summed E-state index contributed by atoms with van der Waals surface area (Å²) in [6.07, 6.45) is -4.46. The number of urea groups is 1. The Morgan fingerprint density at radius 2 is 2.10 bits per heavy atom. The van der Waals surface area contributed by atoms with Crippen molar-refractivity contribution in [3.63, 3.8) is 0 Å². The van der Waals surface area contributed by atoms with E-state index in [0.717, 1.165) is 12.1 Å². The molecule has 0 bridgehead atoms. The zero-order valence-corrected chi connectivity index (χ0v) is 11.0. The predicted molar refractivity (Wildman–Crippen MR) is 72.1 cm³/mol. The zero-order chi connectivity index (χ0) is 15.6. The Kier molecular flexibility index (Phi) is 3.83. The fraction of sp³-hybridized carbons (Fsp3) is 0.250. The molecule has 3 N–H and O–H groups in total. The standard InChI is InChI=1S/C12H12F3N5O/c1-7-6-20(11(19-18-7)17-10(16)21)9-4-2-3-8(5-9)12(13,14)15/h2-5H,6H2,1H3,(H3,16,17,19,21). The number of rotatable bonds is 1. The van der Waals surface area contributed by atoms with Crippen molar-refractivity contribution in [3.05, 3.63) is 29.8 Å². The monoisotopic (exact) mass is 299 g/mol. The third-order valence-corrected chi connectivity index (χ3v) is 2.68. The summed E-state index contributed by atoms with van der Waals surface area (Å²) in [5.74, 6) is -0.0209. The van der Waals surface area contributed by atoms with Crippen molar-refractivity contribution in [1.29, 1.82) is 0 Å². The molecule has 0 saturated heterocycles. The topological polar surface area (TPSA) is 83.1 Å². The average Bonchev–Trinajstić information content (AvgIpc) is 2.39. The molecule has 1 aromatic rings. The first-order valence-corrected chi connectivity index (χ1v) is 5.90. The molecule has 1 heterocycles. The van der Waals surface area contributed by atoms with Gasteiger partial charge >= 0.3 is 12.2 Å². The lowest BCUT2D eigenvalue weighted by molar-refractivity contribution is -0.137. The SMILES string of the molecule is CC1=NN=C(NC(N)=O)N(c2cccc(C(F)(F)F)c2)C1. The molecule has 9 heteroatoms. The molecule has 2 amide bonds. The van der Waals surface area contributed by atoms with Gasteiger partial charge in [-0.1, -0.05) is 6.07 Å². The minimum atomic E-state index is -4.46. The maximum Gasteiger partial charge on any atom is 0.416 e. The maximum absolute atomic E-state index is 12.8. The lowest BCUT2D eigenvalue weighted by Crippen LogP contribution is -2.49. The first-order valence-electron chi connectivity index (χ1n) is 5.90. The summed E-state index contributed by atoms with van der Waals surface area (Å²) in [5.41, 5.74) is 5.03. The van der Waals surface area contributed by atoms with Crippen LogP contribution < -0.4 is 16.0 Å². The second-order valence-corrected chi connectivity index (χ2v) is 4.38. The number of amides is 2. The molecule has 2 rings (SSSR count). The van der Waals surface area contributed by atoms with E-state index in [2.05, 4.69) is 15.5 Å². The first kappa shape index (κ1) is 14.8. The summed E-state index contributed by atoms with van der Waals surface area (Å²) in [5, 5.41) is 9.75. The summed E-state index contributed by atoms with van der Waals surface area (Å²) in [6.45, 7) is 1.87. The van der Waals surface area contributed by atoms with Gasteiger partial charge < -0.3 is 10.6 Å². The number of halogens is 3. The Morgan fingerprint density at radius 1 is 1.38 bits per heavy atom. The van der Waals surface area contributed by atoms with Crippen molar-refractivity contribution in [2.75, 3.05) is 11.4 Å². The van der Waals surface area contributed by atoms with Crippen LogP contribution in [0.4, 0.5) is 23.7 Å². The third kappa shape index (κ3) is 3.50. The van der Waals surface area contributed by atoms with E-state index in [4.69, 9.17) is 5.73 Å². The van der Waals surface area contributed by atoms with E-state index in [1.807, 2.05) is 0 Å². The number of hydrogen-bond acceptors (Lipinski definition) is 4. The molecule has 0 aromatic heterocycles. The number of primary amides is 1. The molecule has 0 radical (unpaired) electrons. The molecular weight excluding hydrogens is 287 g/mol. The van der Waals surface area contributed by atoms with Crippen molar-refractivity contribution in [2.45, 2.75) is 13.1 Å². The van der Waals surface area contributed by atoms with Crippen LogP contribution in [-0.2, 0) is 6.18 Å². The minimum absolute atomic E-state index is 0.0209. The largest absolute Gasteiger partial charge is 0.416 e. The Morgan fingerprint density at radius 3 is 2.71 bits per heavy atom. The summed E-state index contributed by atoms with van der Waals surface area (Å²) in [7, 11) is 0. The molecule has 0 atom stereocenters. The number of guanidine groups is 1. The van der Waals surface area contributed by atoms with Crippen LogP contribution in [0.2, 0.25) is 0 Å². The van der Waals surface area contributed by atoms with Gasteiger partial charge in [-0.05, 0) is 25.1 Å². The Labute approximate surface area is 118 Å². The van der Waals surface area contributed by atoms with Crippen LogP contribution in [0.15, 0.2) is 34.5 Å². The lowest BCUT2D eigenvalue weighted by Gasteiger charge is -2.27. The van der Waals surface area contributed by atoms with Crippen molar-refractivity contribution in [2.24, 2.45) is 15.9 Å². The van der Waals surface area contributed by atoms with Gasteiger partial charge in [0.1, 0.15) is 0 Å². The molecule has 0 fully saturated rings. The highest BCUT2D eigenvalue weighted by Gasteiger charge is 2.31. The van der Waals surface area contributed by atoms with E-state index in [1.165, 1.54) is 17.0 Å². The van der Waals surface area contributed by atoms with Crippen molar-refractivity contribution >= 4 is 23.4 Å². The predicted octanol–water partition coefficient (Wildman–Crippen LogP) is 1.93. The molecule has 0 saturated carbocycles.